The smallest absolute Gasteiger partial charge is 0.160 e. The highest BCUT2D eigenvalue weighted by Crippen LogP contribution is 2.61. The van der Waals surface area contributed by atoms with E-state index in [1.807, 2.05) is 12.3 Å². The highest BCUT2D eigenvalue weighted by molar-refractivity contribution is 6.35. The zero-order valence-corrected chi connectivity index (χ0v) is 54.4. The fourth-order valence-corrected chi connectivity index (χ4v) is 17.8. The summed E-state index contributed by atoms with van der Waals surface area (Å²) in [7, 11) is 0. The van der Waals surface area contributed by atoms with E-state index in [1.165, 1.54) is 121 Å². The van der Waals surface area contributed by atoms with Crippen LogP contribution in [0.3, 0.4) is 0 Å². The van der Waals surface area contributed by atoms with E-state index in [4.69, 9.17) is 15.0 Å². The van der Waals surface area contributed by atoms with Crippen molar-refractivity contribution in [3.05, 3.63) is 320 Å². The van der Waals surface area contributed by atoms with Gasteiger partial charge in [-0.2, -0.15) is 0 Å². The Morgan fingerprint density at radius 1 is 0.296 bits per heavy atom. The number of para-hydroxylation sites is 5. The molecule has 0 unspecified atom stereocenters. The third-order valence-corrected chi connectivity index (χ3v) is 21.9. The van der Waals surface area contributed by atoms with Gasteiger partial charge in [0.1, 0.15) is 5.82 Å². The average molecular weight is 1250 g/mol. The molecule has 0 saturated carbocycles. The summed E-state index contributed by atoms with van der Waals surface area (Å²) in [6.07, 6.45) is 1.92. The lowest BCUT2D eigenvalue weighted by Crippen LogP contribution is -2.17. The van der Waals surface area contributed by atoms with Gasteiger partial charge in [-0.25, -0.2) is 15.0 Å². The van der Waals surface area contributed by atoms with Gasteiger partial charge in [-0.05, 0) is 142 Å². The first kappa shape index (κ1) is 54.9. The van der Waals surface area contributed by atoms with Crippen molar-refractivity contribution in [2.45, 2.75) is 38.5 Å². The summed E-state index contributed by atoms with van der Waals surface area (Å²) >= 11 is 0. The summed E-state index contributed by atoms with van der Waals surface area (Å²) in [4.78, 5) is 15.6. The van der Waals surface area contributed by atoms with Crippen molar-refractivity contribution in [3.63, 3.8) is 0 Å². The molecule has 0 aliphatic heterocycles. The van der Waals surface area contributed by atoms with Crippen LogP contribution in [0.25, 0.3) is 177 Å². The number of hydrogen-bond donors (Lipinski definition) is 0. The topological polar surface area (TPSA) is 58.4 Å². The van der Waals surface area contributed by atoms with Gasteiger partial charge >= 0.3 is 0 Å². The number of nitrogens with zero attached hydrogens (tertiary/aromatic N) is 7. The zero-order valence-electron chi connectivity index (χ0n) is 54.4. The van der Waals surface area contributed by atoms with Crippen LogP contribution >= 0.6 is 0 Å². The maximum absolute atomic E-state index is 5.33. The number of fused-ring (bicyclic) bond motifs is 25. The molecule has 6 heterocycles. The van der Waals surface area contributed by atoms with E-state index in [0.29, 0.717) is 5.82 Å². The lowest BCUT2D eigenvalue weighted by atomic mass is 9.81. The van der Waals surface area contributed by atoms with Crippen molar-refractivity contribution in [3.8, 4) is 78.9 Å². The van der Waals surface area contributed by atoms with Crippen LogP contribution in [0.2, 0.25) is 0 Å². The molecule has 7 heteroatoms. The van der Waals surface area contributed by atoms with E-state index in [2.05, 4.69) is 331 Å². The second kappa shape index (κ2) is 20.1. The molecular formula is C91H61N7. The van der Waals surface area contributed by atoms with E-state index in [-0.39, 0.29) is 10.8 Å². The Bertz CT molecular complexity index is 6620. The normalized spacial score (nSPS) is 13.7. The van der Waals surface area contributed by atoms with E-state index >= 15 is 0 Å². The third kappa shape index (κ3) is 7.34. The molecule has 0 saturated heterocycles. The average Bonchev–Trinajstić information content (AvgIpc) is 1.51. The molecule has 19 aromatic rings. The van der Waals surface area contributed by atoms with Crippen LogP contribution < -0.4 is 0 Å². The minimum absolute atomic E-state index is 0.336. The molecule has 0 amide bonds. The van der Waals surface area contributed by atoms with Gasteiger partial charge in [-0.3, -0.25) is 4.57 Å². The molecule has 0 spiro atoms. The van der Waals surface area contributed by atoms with Crippen LogP contribution in [0.4, 0.5) is 0 Å². The molecule has 0 atom stereocenters. The Balaban J connectivity index is 0.818. The predicted molar refractivity (Wildman–Crippen MR) is 406 cm³/mol. The van der Waals surface area contributed by atoms with Gasteiger partial charge < -0.3 is 13.7 Å². The van der Waals surface area contributed by atoms with Gasteiger partial charge in [0, 0.05) is 105 Å². The first-order valence-electron chi connectivity index (χ1n) is 34.0. The standard InChI is InChI=1S/C91H61N7/c1-90(2)68-35-17-11-29-61(68)80-82(90)87-79(77-65-33-15-20-38-71(65)95(86(77)80)58-27-9-6-10-28-58)67-53-57(46-51-74(67)97(87)60-49-44-56(45-50-60)89-93-70-37-19-13-31-63(70)84(94-89)55-25-7-5-8-26-55)54-42-47-59(48-43-54)96-72-39-21-14-32-64(72)76-78-66-34-16-22-40-73(66)98(75-41-23-24-52-92-75)88(78)83-81(85(76)96)62-30-12-18-36-69(62)91(83,3)4/h5-53H,1-4H3. The minimum Gasteiger partial charge on any atom is -0.309 e. The van der Waals surface area contributed by atoms with Gasteiger partial charge in [0.25, 0.3) is 0 Å². The fourth-order valence-electron chi connectivity index (χ4n) is 17.8. The van der Waals surface area contributed by atoms with Crippen LogP contribution in [-0.2, 0) is 10.8 Å². The van der Waals surface area contributed by atoms with Crippen LogP contribution in [0.5, 0.6) is 0 Å². The maximum Gasteiger partial charge on any atom is 0.160 e. The Morgan fingerprint density at radius 3 is 1.31 bits per heavy atom. The van der Waals surface area contributed by atoms with Crippen molar-refractivity contribution >= 4 is 98.1 Å². The molecular weight excluding hydrogens is 1190 g/mol. The number of aromatic nitrogens is 7. The number of hydrogen-bond acceptors (Lipinski definition) is 3. The second-order valence-electron chi connectivity index (χ2n) is 27.8. The Hall–Kier alpha value is -12.5. The van der Waals surface area contributed by atoms with Gasteiger partial charge in [0.2, 0.25) is 0 Å². The van der Waals surface area contributed by atoms with Crippen molar-refractivity contribution in [2.75, 3.05) is 0 Å². The SMILES string of the molecule is CC1(C)c2ccccc2-c2c1c1c(c3cc(-c4ccc(-n5c6ccccc6c6c7c8ccccc8n(-c8ccccn8)c7c7c(c65)-c5ccccc5C7(C)C)cc4)ccc3n1-c1ccc(-c3nc(-c4ccccc4)c4ccccc4n3)cc1)c1c3ccccc3n(-c3ccccc3)c21. The lowest BCUT2D eigenvalue weighted by molar-refractivity contribution is 0.664. The van der Waals surface area contributed by atoms with Crippen molar-refractivity contribution in [2.24, 2.45) is 0 Å². The molecule has 2 aliphatic carbocycles. The molecule has 7 nitrogen and oxygen atoms in total. The third-order valence-electron chi connectivity index (χ3n) is 21.9. The molecule has 21 rings (SSSR count). The first-order valence-corrected chi connectivity index (χ1v) is 34.0. The van der Waals surface area contributed by atoms with E-state index in [0.717, 1.165) is 72.8 Å². The zero-order chi connectivity index (χ0) is 64.9. The van der Waals surface area contributed by atoms with Crippen molar-refractivity contribution in [1.82, 2.24) is 33.2 Å². The number of rotatable bonds is 7. The molecule has 0 radical (unpaired) electrons. The molecule has 0 bridgehead atoms. The largest absolute Gasteiger partial charge is 0.309 e. The number of pyridine rings is 1. The summed E-state index contributed by atoms with van der Waals surface area (Å²) in [6.45, 7) is 9.70. The minimum atomic E-state index is -0.388. The summed E-state index contributed by atoms with van der Waals surface area (Å²) in [6, 6.07) is 107. The highest BCUT2D eigenvalue weighted by Gasteiger charge is 2.44. The molecule has 6 aromatic heterocycles. The molecule has 98 heavy (non-hydrogen) atoms. The predicted octanol–water partition coefficient (Wildman–Crippen LogP) is 23.0. The van der Waals surface area contributed by atoms with Crippen LogP contribution in [0, 0.1) is 0 Å². The van der Waals surface area contributed by atoms with Gasteiger partial charge in [0.15, 0.2) is 5.82 Å². The Morgan fingerprint density at radius 2 is 0.724 bits per heavy atom. The summed E-state index contributed by atoms with van der Waals surface area (Å²) < 4.78 is 10.1. The van der Waals surface area contributed by atoms with E-state index in [9.17, 15) is 0 Å². The summed E-state index contributed by atoms with van der Waals surface area (Å²) in [5, 5.41) is 10.9. The Kier molecular flexibility index (Phi) is 11.2. The fraction of sp³-hybridized carbons (Fsp3) is 0.0659. The first-order chi connectivity index (χ1) is 48.2. The van der Waals surface area contributed by atoms with Gasteiger partial charge in [-0.1, -0.05) is 222 Å². The van der Waals surface area contributed by atoms with Gasteiger partial charge in [-0.15, -0.1) is 0 Å². The molecule has 0 N–H and O–H groups in total. The maximum atomic E-state index is 5.33. The van der Waals surface area contributed by atoms with Gasteiger partial charge in [0.05, 0.1) is 55.3 Å². The van der Waals surface area contributed by atoms with Crippen molar-refractivity contribution in [1.29, 1.82) is 0 Å². The summed E-state index contributed by atoms with van der Waals surface area (Å²) in [5.41, 5.74) is 28.6. The molecule has 0 fully saturated rings. The Labute approximate surface area is 565 Å². The monoisotopic (exact) mass is 1250 g/mol. The quantitative estimate of drug-likeness (QED) is 0.160. The molecule has 2 aliphatic rings. The lowest BCUT2D eigenvalue weighted by Gasteiger charge is -2.24. The number of benzene rings is 13. The molecule has 460 valence electrons. The van der Waals surface area contributed by atoms with E-state index < -0.39 is 0 Å². The van der Waals surface area contributed by atoms with Crippen LogP contribution in [-0.4, -0.2) is 33.2 Å². The van der Waals surface area contributed by atoms with Crippen LogP contribution in [0.1, 0.15) is 49.9 Å². The van der Waals surface area contributed by atoms with E-state index in [1.54, 1.807) is 0 Å². The summed E-state index contributed by atoms with van der Waals surface area (Å²) in [5.74, 6) is 1.61. The van der Waals surface area contributed by atoms with Crippen molar-refractivity contribution < 1.29 is 0 Å². The molecule has 13 aromatic carbocycles. The van der Waals surface area contributed by atoms with Crippen LogP contribution in [0.15, 0.2) is 297 Å². The second-order valence-corrected chi connectivity index (χ2v) is 27.8. The highest BCUT2D eigenvalue weighted by atomic mass is 15.1.